The zero-order valence-electron chi connectivity index (χ0n) is 13.9. The first-order valence-corrected chi connectivity index (χ1v) is 8.42. The van der Waals surface area contributed by atoms with Crippen LogP contribution in [-0.2, 0) is 9.59 Å². The lowest BCUT2D eigenvalue weighted by molar-refractivity contribution is -0.136. The standard InChI is InChI=1S/C18H18BrN3O3/c1-3-25-16-9-6-13(10-15(16)19)11-20-22-18(24)17(23)21-14-7-4-12(2)5-8-14/h4-11H,3H2,1-2H3,(H,21,23)(H,22,24)/b20-11-. The van der Waals surface area contributed by atoms with Crippen LogP contribution in [0.4, 0.5) is 5.69 Å². The van der Waals surface area contributed by atoms with Gasteiger partial charge in [0, 0.05) is 5.69 Å². The first-order chi connectivity index (χ1) is 12.0. The van der Waals surface area contributed by atoms with Crippen molar-refractivity contribution in [1.82, 2.24) is 5.43 Å². The summed E-state index contributed by atoms with van der Waals surface area (Å²) in [5, 5.41) is 6.29. The highest BCUT2D eigenvalue weighted by Crippen LogP contribution is 2.25. The number of hydrogen-bond donors (Lipinski definition) is 2. The molecule has 2 N–H and O–H groups in total. The SMILES string of the molecule is CCOc1ccc(/C=N\NC(=O)C(=O)Nc2ccc(C)cc2)cc1Br. The summed E-state index contributed by atoms with van der Waals surface area (Å²) in [6.07, 6.45) is 1.44. The summed E-state index contributed by atoms with van der Waals surface area (Å²) < 4.78 is 6.20. The number of anilines is 1. The highest BCUT2D eigenvalue weighted by Gasteiger charge is 2.12. The first kappa shape index (κ1) is 18.7. The Kier molecular flexibility index (Phi) is 6.71. The number of carbonyl (C=O) groups is 2. The minimum Gasteiger partial charge on any atom is -0.493 e. The van der Waals surface area contributed by atoms with Crippen LogP contribution >= 0.6 is 15.9 Å². The maximum Gasteiger partial charge on any atom is 0.329 e. The van der Waals surface area contributed by atoms with Crippen LogP contribution in [0.5, 0.6) is 5.75 Å². The third-order valence-corrected chi connectivity index (χ3v) is 3.77. The third-order valence-electron chi connectivity index (χ3n) is 3.15. The summed E-state index contributed by atoms with van der Waals surface area (Å²) in [6, 6.07) is 12.5. The van der Waals surface area contributed by atoms with Crippen LogP contribution in [0.2, 0.25) is 0 Å². The zero-order valence-corrected chi connectivity index (χ0v) is 15.5. The van der Waals surface area contributed by atoms with Gasteiger partial charge in [-0.2, -0.15) is 5.10 Å². The van der Waals surface area contributed by atoms with Crippen molar-refractivity contribution in [1.29, 1.82) is 0 Å². The molecule has 0 unspecified atom stereocenters. The lowest BCUT2D eigenvalue weighted by Crippen LogP contribution is -2.32. The van der Waals surface area contributed by atoms with Crippen molar-refractivity contribution < 1.29 is 14.3 Å². The summed E-state index contributed by atoms with van der Waals surface area (Å²) in [6.45, 7) is 4.41. The van der Waals surface area contributed by atoms with Crippen molar-refractivity contribution >= 4 is 39.6 Å². The molecule has 0 radical (unpaired) electrons. The molecule has 2 amide bonds. The normalized spacial score (nSPS) is 10.5. The molecule has 0 saturated carbocycles. The number of rotatable bonds is 5. The van der Waals surface area contributed by atoms with Crippen molar-refractivity contribution in [2.45, 2.75) is 13.8 Å². The monoisotopic (exact) mass is 403 g/mol. The van der Waals surface area contributed by atoms with Crippen LogP contribution in [-0.4, -0.2) is 24.6 Å². The molecule has 2 rings (SSSR count). The second-order valence-electron chi connectivity index (χ2n) is 5.14. The van der Waals surface area contributed by atoms with Crippen molar-refractivity contribution in [3.63, 3.8) is 0 Å². The fourth-order valence-corrected chi connectivity index (χ4v) is 2.42. The summed E-state index contributed by atoms with van der Waals surface area (Å²) in [4.78, 5) is 23.5. The number of hydrogen-bond acceptors (Lipinski definition) is 4. The van der Waals surface area contributed by atoms with E-state index in [9.17, 15) is 9.59 Å². The van der Waals surface area contributed by atoms with Gasteiger partial charge in [-0.05, 0) is 65.7 Å². The molecule has 0 spiro atoms. The summed E-state index contributed by atoms with van der Waals surface area (Å²) in [5.41, 5.74) is 4.55. The molecule has 0 fully saturated rings. The number of ether oxygens (including phenoxy) is 1. The minimum atomic E-state index is -0.846. The smallest absolute Gasteiger partial charge is 0.329 e. The quantitative estimate of drug-likeness (QED) is 0.456. The molecule has 130 valence electrons. The van der Waals surface area contributed by atoms with Crippen molar-refractivity contribution in [3.8, 4) is 5.75 Å². The first-order valence-electron chi connectivity index (χ1n) is 7.63. The Morgan fingerprint density at radius 2 is 1.88 bits per heavy atom. The fourth-order valence-electron chi connectivity index (χ4n) is 1.91. The molecule has 0 heterocycles. The number of aryl methyl sites for hydroxylation is 1. The molecule has 7 heteroatoms. The number of nitrogens with zero attached hydrogens (tertiary/aromatic N) is 1. The van der Waals surface area contributed by atoms with Crippen LogP contribution in [0.3, 0.4) is 0 Å². The second-order valence-corrected chi connectivity index (χ2v) is 6.00. The summed E-state index contributed by atoms with van der Waals surface area (Å²) >= 11 is 3.40. The van der Waals surface area contributed by atoms with Gasteiger partial charge in [-0.1, -0.05) is 17.7 Å². The average molecular weight is 404 g/mol. The topological polar surface area (TPSA) is 79.8 Å². The van der Waals surface area contributed by atoms with E-state index in [4.69, 9.17) is 4.74 Å². The molecule has 2 aromatic rings. The number of carbonyl (C=O) groups excluding carboxylic acids is 2. The van der Waals surface area contributed by atoms with E-state index < -0.39 is 11.8 Å². The Bertz CT molecular complexity index is 789. The Morgan fingerprint density at radius 3 is 2.52 bits per heavy atom. The number of halogens is 1. The zero-order chi connectivity index (χ0) is 18.2. The highest BCUT2D eigenvalue weighted by atomic mass is 79.9. The van der Waals surface area contributed by atoms with Crippen molar-refractivity contribution in [2.75, 3.05) is 11.9 Å². The lowest BCUT2D eigenvalue weighted by Gasteiger charge is -2.06. The van der Waals surface area contributed by atoms with E-state index in [1.54, 1.807) is 30.3 Å². The molecule has 0 aliphatic carbocycles. The van der Waals surface area contributed by atoms with Gasteiger partial charge in [0.05, 0.1) is 17.3 Å². The molecule has 0 aliphatic heterocycles. The van der Waals surface area contributed by atoms with E-state index in [-0.39, 0.29) is 0 Å². The van der Waals surface area contributed by atoms with Crippen molar-refractivity contribution in [2.24, 2.45) is 5.10 Å². The van der Waals surface area contributed by atoms with Gasteiger partial charge in [0.15, 0.2) is 0 Å². The highest BCUT2D eigenvalue weighted by molar-refractivity contribution is 9.10. The molecular formula is C18H18BrN3O3. The van der Waals surface area contributed by atoms with Crippen LogP contribution < -0.4 is 15.5 Å². The van der Waals surface area contributed by atoms with Gasteiger partial charge in [-0.25, -0.2) is 5.43 Å². The van der Waals surface area contributed by atoms with Crippen LogP contribution in [0.25, 0.3) is 0 Å². The second kappa shape index (κ2) is 8.98. The summed E-state index contributed by atoms with van der Waals surface area (Å²) in [5.74, 6) is -0.906. The molecule has 0 saturated heterocycles. The third kappa shape index (κ3) is 5.72. The molecule has 25 heavy (non-hydrogen) atoms. The van der Waals surface area contributed by atoms with Gasteiger partial charge in [-0.3, -0.25) is 9.59 Å². The number of amides is 2. The molecule has 0 aliphatic rings. The van der Waals surface area contributed by atoms with E-state index in [0.29, 0.717) is 12.3 Å². The lowest BCUT2D eigenvalue weighted by atomic mass is 10.2. The maximum absolute atomic E-state index is 11.8. The number of benzene rings is 2. The number of hydrazone groups is 1. The van der Waals surface area contributed by atoms with Crippen molar-refractivity contribution in [3.05, 3.63) is 58.1 Å². The van der Waals surface area contributed by atoms with Crippen LogP contribution in [0.1, 0.15) is 18.1 Å². The van der Waals surface area contributed by atoms with Gasteiger partial charge in [0.2, 0.25) is 0 Å². The largest absolute Gasteiger partial charge is 0.493 e. The van der Waals surface area contributed by atoms with Gasteiger partial charge < -0.3 is 10.1 Å². The van der Waals surface area contributed by atoms with E-state index in [0.717, 1.165) is 21.3 Å². The Hall–Kier alpha value is -2.67. The van der Waals surface area contributed by atoms with Gasteiger partial charge in [0.25, 0.3) is 0 Å². The number of nitrogens with one attached hydrogen (secondary N) is 2. The molecular weight excluding hydrogens is 386 g/mol. The Balaban J connectivity index is 1.90. The van der Waals surface area contributed by atoms with Gasteiger partial charge >= 0.3 is 11.8 Å². The fraction of sp³-hybridized carbons (Fsp3) is 0.167. The Labute approximate surface area is 154 Å². The molecule has 6 nitrogen and oxygen atoms in total. The van der Waals surface area contributed by atoms with Gasteiger partial charge in [0.1, 0.15) is 5.75 Å². The minimum absolute atomic E-state index is 0.546. The Morgan fingerprint density at radius 1 is 1.16 bits per heavy atom. The van der Waals surface area contributed by atoms with E-state index in [1.807, 2.05) is 26.0 Å². The van der Waals surface area contributed by atoms with E-state index in [2.05, 4.69) is 31.8 Å². The predicted octanol–water partition coefficient (Wildman–Crippen LogP) is 3.25. The van der Waals surface area contributed by atoms with Crippen LogP contribution in [0, 0.1) is 6.92 Å². The van der Waals surface area contributed by atoms with Crippen LogP contribution in [0.15, 0.2) is 52.0 Å². The molecule has 0 bridgehead atoms. The molecule has 2 aromatic carbocycles. The van der Waals surface area contributed by atoms with Gasteiger partial charge in [-0.15, -0.1) is 0 Å². The average Bonchev–Trinajstić information content (AvgIpc) is 2.59. The predicted molar refractivity (Wildman–Crippen MR) is 101 cm³/mol. The van der Waals surface area contributed by atoms with E-state index in [1.165, 1.54) is 6.21 Å². The summed E-state index contributed by atoms with van der Waals surface area (Å²) in [7, 11) is 0. The van der Waals surface area contributed by atoms with E-state index >= 15 is 0 Å². The molecule has 0 aromatic heterocycles. The maximum atomic E-state index is 11.8. The molecule has 0 atom stereocenters.